The predicted molar refractivity (Wildman–Crippen MR) is 46.2 cm³/mol. The highest BCUT2D eigenvalue weighted by molar-refractivity contribution is 6.44. The lowest BCUT2D eigenvalue weighted by Crippen LogP contribution is -2.26. The summed E-state index contributed by atoms with van der Waals surface area (Å²) in [4.78, 5) is 0. The highest BCUT2D eigenvalue weighted by atomic mass is 28.3. The van der Waals surface area contributed by atoms with E-state index in [4.69, 9.17) is 0 Å². The molecule has 0 saturated carbocycles. The number of rotatable bonds is 4. The Hall–Kier alpha value is 0.394. The van der Waals surface area contributed by atoms with Gasteiger partial charge in [-0.25, -0.2) is 0 Å². The van der Waals surface area contributed by atoms with Crippen molar-refractivity contribution in [3.8, 4) is 0 Å². The van der Waals surface area contributed by atoms with Crippen LogP contribution in [0.2, 0.25) is 5.67 Å². The molecule has 0 amide bonds. The third-order valence-electron chi connectivity index (χ3n) is 1.43. The van der Waals surface area contributed by atoms with Crippen molar-refractivity contribution in [2.45, 2.75) is 19.5 Å². The van der Waals surface area contributed by atoms with Crippen molar-refractivity contribution in [2.75, 3.05) is 13.1 Å². The first-order valence-corrected chi connectivity index (χ1v) is 6.62. The van der Waals surface area contributed by atoms with Crippen LogP contribution in [0.25, 0.3) is 0 Å². The molecule has 0 unspecified atom stereocenters. The minimum absolute atomic E-state index is 0.231. The minimum Gasteiger partial charge on any atom is -0.330 e. The average molecular weight is 147 g/mol. The Labute approximate surface area is 57.8 Å². The Morgan fingerprint density at radius 1 is 1.38 bits per heavy atom. The number of hydrogen-bond acceptors (Lipinski definition) is 1. The monoisotopic (exact) mass is 147 g/mol. The van der Waals surface area contributed by atoms with E-state index >= 15 is 0 Å². The van der Waals surface area contributed by atoms with Crippen LogP contribution < -0.4 is 0 Å². The maximum absolute atomic E-state index is 2.60. The molecule has 0 fully saturated rings. The summed E-state index contributed by atoms with van der Waals surface area (Å²) in [6, 6.07) is 0. The van der Waals surface area contributed by atoms with E-state index in [1.807, 2.05) is 0 Å². The number of hydrogen-bond donors (Lipinski definition) is 0. The molecule has 0 aromatic rings. The molecule has 0 heterocycles. The molecule has 0 aromatic heterocycles. The molecule has 0 rings (SSSR count). The van der Waals surface area contributed by atoms with Gasteiger partial charge in [-0.2, -0.15) is 0 Å². The van der Waals surface area contributed by atoms with Gasteiger partial charge in [-0.15, -0.1) is 0 Å². The topological polar surface area (TPSA) is 3.24 Å². The summed E-state index contributed by atoms with van der Waals surface area (Å²) in [6.45, 7) is 7.08. The maximum atomic E-state index is 2.60. The van der Waals surface area contributed by atoms with Gasteiger partial charge in [0.15, 0.2) is 0 Å². The summed E-state index contributed by atoms with van der Waals surface area (Å²) in [5, 5.41) is 0. The lowest BCUT2D eigenvalue weighted by molar-refractivity contribution is 0.495. The first-order valence-electron chi connectivity index (χ1n) is 3.57. The molecular formula is C5H17NSi2. The Bertz CT molecular complexity index is 45.7. The predicted octanol–water partition coefficient (Wildman–Crippen LogP) is -0.847. The third kappa shape index (κ3) is 3.40. The highest BCUT2D eigenvalue weighted by Crippen LogP contribution is 1.83. The average Bonchev–Trinajstić information content (AvgIpc) is 1.83. The van der Waals surface area contributed by atoms with E-state index in [-0.39, 0.29) is 9.68 Å². The van der Waals surface area contributed by atoms with E-state index in [1.54, 1.807) is 5.67 Å². The fourth-order valence-corrected chi connectivity index (χ4v) is 4.02. The lowest BCUT2D eigenvalue weighted by Gasteiger charge is -2.15. The van der Waals surface area contributed by atoms with Gasteiger partial charge in [0.05, 0.1) is 9.68 Å². The zero-order valence-electron chi connectivity index (χ0n) is 6.28. The van der Waals surface area contributed by atoms with Crippen LogP contribution in [0.4, 0.5) is 0 Å². The van der Waals surface area contributed by atoms with Gasteiger partial charge in [0, 0.05) is 10.2 Å². The second-order valence-corrected chi connectivity index (χ2v) is 7.37. The Morgan fingerprint density at radius 2 is 1.88 bits per heavy atom. The van der Waals surface area contributed by atoms with Gasteiger partial charge in [-0.1, -0.05) is 19.5 Å². The zero-order chi connectivity index (χ0) is 6.41. The minimum atomic E-state index is 0.231. The Balaban J connectivity index is 3.07. The van der Waals surface area contributed by atoms with E-state index in [1.165, 1.54) is 23.3 Å². The molecule has 0 aromatic carbocycles. The van der Waals surface area contributed by atoms with Crippen LogP contribution in [0.3, 0.4) is 0 Å². The summed E-state index contributed by atoms with van der Waals surface area (Å²) < 4.78 is 2.60. The lowest BCUT2D eigenvalue weighted by atomic mass is 10.7. The quantitative estimate of drug-likeness (QED) is 0.469. The zero-order valence-corrected chi connectivity index (χ0v) is 9.69. The molecule has 0 radical (unpaired) electrons. The highest BCUT2D eigenvalue weighted by Gasteiger charge is 1.93. The Kier molecular flexibility index (Phi) is 5.80. The van der Waals surface area contributed by atoms with Gasteiger partial charge in [0.25, 0.3) is 0 Å². The van der Waals surface area contributed by atoms with E-state index in [0.717, 1.165) is 0 Å². The largest absolute Gasteiger partial charge is 0.330 e. The summed E-state index contributed by atoms with van der Waals surface area (Å²) >= 11 is 0. The van der Waals surface area contributed by atoms with Crippen molar-refractivity contribution in [3.63, 3.8) is 0 Å². The van der Waals surface area contributed by atoms with Crippen molar-refractivity contribution < 1.29 is 0 Å². The molecule has 8 heavy (non-hydrogen) atoms. The second kappa shape index (κ2) is 5.53. The summed E-state index contributed by atoms with van der Waals surface area (Å²) in [7, 11) is 1.65. The van der Waals surface area contributed by atoms with E-state index in [2.05, 4.69) is 18.4 Å². The molecule has 0 bridgehead atoms. The van der Waals surface area contributed by atoms with Crippen LogP contribution in [0.1, 0.15) is 13.8 Å². The van der Waals surface area contributed by atoms with Crippen molar-refractivity contribution in [3.05, 3.63) is 0 Å². The van der Waals surface area contributed by atoms with Crippen LogP contribution >= 0.6 is 0 Å². The third-order valence-corrected chi connectivity index (χ3v) is 4.75. The van der Waals surface area contributed by atoms with E-state index < -0.39 is 0 Å². The number of nitrogens with zero attached hydrogens (tertiary/aromatic N) is 1. The first-order chi connectivity index (χ1) is 3.85. The molecule has 50 valence electrons. The fraction of sp³-hybridized carbons (Fsp3) is 1.00. The molecule has 0 atom stereocenters. The van der Waals surface area contributed by atoms with Crippen LogP contribution in [0.5, 0.6) is 0 Å². The van der Waals surface area contributed by atoms with E-state index in [0.29, 0.717) is 0 Å². The summed E-state index contributed by atoms with van der Waals surface area (Å²) in [5.74, 6) is 0. The molecule has 0 aliphatic carbocycles. The molecule has 0 N–H and O–H groups in total. The van der Waals surface area contributed by atoms with Crippen LogP contribution in [-0.4, -0.2) is 37.6 Å². The van der Waals surface area contributed by atoms with Gasteiger partial charge >= 0.3 is 0 Å². The maximum Gasteiger partial charge on any atom is 0.0916 e. The first kappa shape index (κ1) is 8.39. The van der Waals surface area contributed by atoms with Crippen molar-refractivity contribution >= 4 is 19.9 Å². The molecule has 0 aliphatic rings. The molecule has 0 saturated heterocycles. The molecule has 0 aliphatic heterocycles. The summed E-state index contributed by atoms with van der Waals surface area (Å²) in [6.07, 6.45) is 0. The van der Waals surface area contributed by atoms with Crippen LogP contribution in [0, 0.1) is 0 Å². The molecule has 0 spiro atoms. The Morgan fingerprint density at radius 3 is 2.00 bits per heavy atom. The molecular weight excluding hydrogens is 130 g/mol. The van der Waals surface area contributed by atoms with Crippen LogP contribution in [0.15, 0.2) is 0 Å². The van der Waals surface area contributed by atoms with Gasteiger partial charge in [-0.3, -0.25) is 0 Å². The van der Waals surface area contributed by atoms with E-state index in [9.17, 15) is 0 Å². The van der Waals surface area contributed by atoms with Crippen LogP contribution in [-0.2, 0) is 0 Å². The van der Waals surface area contributed by atoms with Gasteiger partial charge in [0.2, 0.25) is 0 Å². The molecule has 1 nitrogen and oxygen atoms in total. The molecule has 3 heteroatoms. The fourth-order valence-electron chi connectivity index (χ4n) is 0.856. The summed E-state index contributed by atoms with van der Waals surface area (Å²) in [5.41, 5.74) is 1.56. The van der Waals surface area contributed by atoms with Crippen molar-refractivity contribution in [1.82, 2.24) is 4.57 Å². The van der Waals surface area contributed by atoms with Crippen molar-refractivity contribution in [2.24, 2.45) is 0 Å². The van der Waals surface area contributed by atoms with Gasteiger partial charge in [-0.05, 0) is 13.1 Å². The van der Waals surface area contributed by atoms with Crippen molar-refractivity contribution in [1.29, 1.82) is 0 Å². The normalized spacial score (nSPS) is 12.4. The standard InChI is InChI=1S/C5H17NSi2/c1-3-6(4-2)8-5-7/h3-5,8H2,1-2,7H3. The smallest absolute Gasteiger partial charge is 0.0916 e. The van der Waals surface area contributed by atoms with Gasteiger partial charge in [0.1, 0.15) is 0 Å². The van der Waals surface area contributed by atoms with Gasteiger partial charge < -0.3 is 4.57 Å². The second-order valence-electron chi connectivity index (χ2n) is 2.03. The SMILES string of the molecule is CCN(CC)[SiH2]C[SiH3].